The van der Waals surface area contributed by atoms with Crippen molar-refractivity contribution >= 4 is 17.3 Å². The van der Waals surface area contributed by atoms with Gasteiger partial charge in [-0.1, -0.05) is 0 Å². The SMILES string of the molecule is COCC(O)CN1CCN(c2ccc(Nc3nccc(-c4cn(CC(C)(C)O)nc4-c4cccnc4)n3)cc2)CC1. The number of hydrogen-bond acceptors (Lipinski definition) is 10. The summed E-state index contributed by atoms with van der Waals surface area (Å²) in [5.74, 6) is 0.478. The first-order valence-corrected chi connectivity index (χ1v) is 13.8. The molecule has 0 bridgehead atoms. The highest BCUT2D eigenvalue weighted by Gasteiger charge is 2.21. The van der Waals surface area contributed by atoms with Crippen LogP contribution in [0.25, 0.3) is 22.5 Å². The summed E-state index contributed by atoms with van der Waals surface area (Å²) in [6, 6.07) is 13.9. The van der Waals surface area contributed by atoms with Crippen molar-refractivity contribution in [3.05, 3.63) is 67.3 Å². The van der Waals surface area contributed by atoms with E-state index in [1.54, 1.807) is 44.2 Å². The maximum Gasteiger partial charge on any atom is 0.227 e. The second-order valence-electron chi connectivity index (χ2n) is 11.0. The molecule has 1 unspecified atom stereocenters. The summed E-state index contributed by atoms with van der Waals surface area (Å²) < 4.78 is 6.79. The zero-order chi connectivity index (χ0) is 28.8. The molecule has 3 aromatic heterocycles. The summed E-state index contributed by atoms with van der Waals surface area (Å²) in [6.07, 6.45) is 6.67. The molecule has 5 rings (SSSR count). The molecule has 1 atom stereocenters. The van der Waals surface area contributed by atoms with Crippen molar-refractivity contribution in [2.24, 2.45) is 0 Å². The molecule has 0 aliphatic carbocycles. The molecule has 0 saturated carbocycles. The minimum atomic E-state index is -0.916. The Bertz CT molecular complexity index is 1400. The number of hydrogen-bond donors (Lipinski definition) is 3. The van der Waals surface area contributed by atoms with Crippen molar-refractivity contribution in [2.75, 3.05) is 56.7 Å². The zero-order valence-corrected chi connectivity index (χ0v) is 23.8. The third kappa shape index (κ3) is 7.65. The van der Waals surface area contributed by atoms with Crippen LogP contribution in [0.5, 0.6) is 0 Å². The Morgan fingerprint density at radius 1 is 1.05 bits per heavy atom. The number of anilines is 3. The largest absolute Gasteiger partial charge is 0.389 e. The molecule has 0 amide bonds. The van der Waals surface area contributed by atoms with E-state index in [1.807, 2.05) is 36.5 Å². The molecule has 1 aromatic carbocycles. The van der Waals surface area contributed by atoms with Gasteiger partial charge in [-0.2, -0.15) is 5.10 Å². The maximum absolute atomic E-state index is 10.4. The number of piperazine rings is 1. The summed E-state index contributed by atoms with van der Waals surface area (Å²) in [7, 11) is 1.61. The van der Waals surface area contributed by atoms with E-state index >= 15 is 0 Å². The molecule has 1 aliphatic rings. The minimum absolute atomic E-state index is 0.341. The number of nitrogens with zero attached hydrogens (tertiary/aromatic N) is 7. The Morgan fingerprint density at radius 2 is 1.83 bits per heavy atom. The molecule has 11 nitrogen and oxygen atoms in total. The van der Waals surface area contributed by atoms with Gasteiger partial charge in [0.25, 0.3) is 0 Å². The standard InChI is InChI=1S/C30H38N8O3/c1-30(2,40)21-38-19-26(28(35-38)22-5-4-11-31-17-22)27-10-12-32-29(34-27)33-23-6-8-24(9-7-23)37-15-13-36(14-16-37)18-25(39)20-41-3/h4-12,17,19,25,39-40H,13-16,18,20-21H2,1-3H3,(H,32,33,34). The number of aromatic nitrogens is 5. The van der Waals surface area contributed by atoms with Crippen LogP contribution in [0.3, 0.4) is 0 Å². The first-order chi connectivity index (χ1) is 19.8. The van der Waals surface area contributed by atoms with Crippen LogP contribution < -0.4 is 10.2 Å². The predicted octanol–water partition coefficient (Wildman–Crippen LogP) is 3.05. The van der Waals surface area contributed by atoms with Crippen LogP contribution in [0.15, 0.2) is 67.3 Å². The van der Waals surface area contributed by atoms with Gasteiger partial charge in [0.2, 0.25) is 5.95 Å². The molecular formula is C30H38N8O3. The van der Waals surface area contributed by atoms with Crippen LogP contribution in [0.2, 0.25) is 0 Å². The van der Waals surface area contributed by atoms with E-state index in [2.05, 4.69) is 37.2 Å². The van der Waals surface area contributed by atoms with E-state index in [0.717, 1.165) is 54.4 Å². The van der Waals surface area contributed by atoms with Gasteiger partial charge >= 0.3 is 0 Å². The quantitative estimate of drug-likeness (QED) is 0.253. The number of benzene rings is 1. The first kappa shape index (κ1) is 28.6. The summed E-state index contributed by atoms with van der Waals surface area (Å²) in [6.45, 7) is 8.44. The van der Waals surface area contributed by atoms with Gasteiger partial charge in [-0.25, -0.2) is 9.97 Å². The third-order valence-electron chi connectivity index (χ3n) is 6.87. The van der Waals surface area contributed by atoms with E-state index < -0.39 is 11.7 Å². The van der Waals surface area contributed by atoms with Crippen LogP contribution in [0, 0.1) is 0 Å². The highest BCUT2D eigenvalue weighted by atomic mass is 16.5. The highest BCUT2D eigenvalue weighted by Crippen LogP contribution is 2.31. The zero-order valence-electron chi connectivity index (χ0n) is 23.8. The normalized spacial score (nSPS) is 15.2. The number of methoxy groups -OCH3 is 1. The Hall–Kier alpha value is -3.90. The molecule has 1 fully saturated rings. The Balaban J connectivity index is 1.28. The van der Waals surface area contributed by atoms with Crippen molar-refractivity contribution in [3.63, 3.8) is 0 Å². The Labute approximate surface area is 240 Å². The summed E-state index contributed by atoms with van der Waals surface area (Å²) in [5.41, 5.74) is 4.28. The molecule has 3 N–H and O–H groups in total. The fourth-order valence-corrected chi connectivity index (χ4v) is 4.99. The van der Waals surface area contributed by atoms with E-state index in [1.165, 1.54) is 0 Å². The predicted molar refractivity (Wildman–Crippen MR) is 159 cm³/mol. The van der Waals surface area contributed by atoms with Crippen LogP contribution in [-0.4, -0.2) is 98.0 Å². The Kier molecular flexibility index (Phi) is 8.89. The van der Waals surface area contributed by atoms with Gasteiger partial charge < -0.3 is 25.2 Å². The number of nitrogens with one attached hydrogen (secondary N) is 1. The maximum atomic E-state index is 10.4. The van der Waals surface area contributed by atoms with Gasteiger partial charge in [-0.05, 0) is 56.3 Å². The van der Waals surface area contributed by atoms with Crippen LogP contribution >= 0.6 is 0 Å². The molecule has 41 heavy (non-hydrogen) atoms. The van der Waals surface area contributed by atoms with Crippen LogP contribution in [-0.2, 0) is 11.3 Å². The lowest BCUT2D eigenvalue weighted by Gasteiger charge is -2.36. The van der Waals surface area contributed by atoms with Crippen LogP contribution in [0.1, 0.15) is 13.8 Å². The van der Waals surface area contributed by atoms with Crippen molar-refractivity contribution < 1.29 is 14.9 Å². The fourth-order valence-electron chi connectivity index (χ4n) is 4.99. The number of rotatable bonds is 11. The molecule has 11 heteroatoms. The molecular weight excluding hydrogens is 520 g/mol. The van der Waals surface area contributed by atoms with Gasteiger partial charge in [0.05, 0.1) is 30.6 Å². The monoisotopic (exact) mass is 558 g/mol. The molecule has 1 saturated heterocycles. The first-order valence-electron chi connectivity index (χ1n) is 13.8. The number of ether oxygens (including phenoxy) is 1. The van der Waals surface area contributed by atoms with Crippen molar-refractivity contribution in [2.45, 2.75) is 32.1 Å². The Morgan fingerprint density at radius 3 is 2.51 bits per heavy atom. The molecule has 4 aromatic rings. The smallest absolute Gasteiger partial charge is 0.227 e. The van der Waals surface area contributed by atoms with Gasteiger partial charge in [-0.15, -0.1) is 0 Å². The van der Waals surface area contributed by atoms with Crippen LogP contribution in [0.4, 0.5) is 17.3 Å². The average Bonchev–Trinajstić information content (AvgIpc) is 3.37. The molecule has 0 radical (unpaired) electrons. The molecule has 0 spiro atoms. The number of β-amino-alcohol motifs (C(OH)–C–C–N with tert-alkyl or cyclic N) is 1. The second kappa shape index (κ2) is 12.7. The highest BCUT2D eigenvalue weighted by molar-refractivity contribution is 5.78. The van der Waals surface area contributed by atoms with E-state index in [4.69, 9.17) is 14.8 Å². The third-order valence-corrected chi connectivity index (χ3v) is 6.87. The minimum Gasteiger partial charge on any atom is -0.389 e. The van der Waals surface area contributed by atoms with E-state index in [0.29, 0.717) is 31.3 Å². The average molecular weight is 559 g/mol. The molecule has 216 valence electrons. The number of aliphatic hydroxyl groups is 2. The number of pyridine rings is 1. The lowest BCUT2D eigenvalue weighted by molar-refractivity contribution is 0.0365. The lowest BCUT2D eigenvalue weighted by atomic mass is 10.1. The molecule has 1 aliphatic heterocycles. The van der Waals surface area contributed by atoms with Gasteiger partial charge in [-0.3, -0.25) is 14.6 Å². The van der Waals surface area contributed by atoms with E-state index in [-0.39, 0.29) is 0 Å². The lowest BCUT2D eigenvalue weighted by Crippen LogP contribution is -2.49. The topological polar surface area (TPSA) is 125 Å². The van der Waals surface area contributed by atoms with Crippen molar-refractivity contribution in [3.8, 4) is 22.5 Å². The van der Waals surface area contributed by atoms with Crippen molar-refractivity contribution in [1.82, 2.24) is 29.6 Å². The summed E-state index contributed by atoms with van der Waals surface area (Å²) in [5, 5.41) is 28.4. The molecule has 4 heterocycles. The number of aliphatic hydroxyl groups excluding tert-OH is 1. The van der Waals surface area contributed by atoms with Gasteiger partial charge in [0.15, 0.2) is 0 Å². The summed E-state index contributed by atoms with van der Waals surface area (Å²) in [4.78, 5) is 18.1. The van der Waals surface area contributed by atoms with E-state index in [9.17, 15) is 10.2 Å². The van der Waals surface area contributed by atoms with Crippen molar-refractivity contribution in [1.29, 1.82) is 0 Å². The summed E-state index contributed by atoms with van der Waals surface area (Å²) >= 11 is 0. The van der Waals surface area contributed by atoms with Gasteiger partial charge in [0, 0.05) is 87.1 Å². The van der Waals surface area contributed by atoms with Gasteiger partial charge in [0.1, 0.15) is 5.69 Å². The second-order valence-corrected chi connectivity index (χ2v) is 11.0. The fraction of sp³-hybridized carbons (Fsp3) is 0.400.